The Balaban J connectivity index is 2.23. The predicted octanol–water partition coefficient (Wildman–Crippen LogP) is 2.58. The molecule has 1 aliphatic rings. The average molecular weight is 316 g/mol. The van der Waals surface area contributed by atoms with Gasteiger partial charge in [0.1, 0.15) is 5.82 Å². The molecule has 0 unspecified atom stereocenters. The molecule has 1 aliphatic carbocycles. The third-order valence-corrected chi connectivity index (χ3v) is 3.77. The fourth-order valence-corrected chi connectivity index (χ4v) is 2.43. The maximum atomic E-state index is 13.7. The Labute approximate surface area is 114 Å². The van der Waals surface area contributed by atoms with E-state index in [4.69, 9.17) is 5.11 Å². The van der Waals surface area contributed by atoms with E-state index >= 15 is 0 Å². The van der Waals surface area contributed by atoms with Gasteiger partial charge in [0.05, 0.1) is 12.2 Å². The van der Waals surface area contributed by atoms with Crippen LogP contribution in [0, 0.1) is 5.82 Å². The van der Waals surface area contributed by atoms with Crippen molar-refractivity contribution in [3.63, 3.8) is 0 Å². The molecular weight excluding hydrogens is 301 g/mol. The van der Waals surface area contributed by atoms with Crippen molar-refractivity contribution in [2.75, 3.05) is 13.2 Å². The summed E-state index contributed by atoms with van der Waals surface area (Å²) in [6, 6.07) is 4.46. The van der Waals surface area contributed by atoms with Gasteiger partial charge in [-0.05, 0) is 37.5 Å². The summed E-state index contributed by atoms with van der Waals surface area (Å²) in [6.45, 7) is 0.160. The molecule has 1 N–H and O–H groups in total. The van der Waals surface area contributed by atoms with Crippen molar-refractivity contribution in [2.24, 2.45) is 0 Å². The summed E-state index contributed by atoms with van der Waals surface area (Å²) in [5.74, 6) is -0.863. The van der Waals surface area contributed by atoms with Gasteiger partial charge >= 0.3 is 0 Å². The lowest BCUT2D eigenvalue weighted by atomic mass is 9.91. The molecule has 18 heavy (non-hydrogen) atoms. The maximum absolute atomic E-state index is 13.7. The molecule has 98 valence electrons. The van der Waals surface area contributed by atoms with Crippen molar-refractivity contribution in [1.82, 2.24) is 4.90 Å². The van der Waals surface area contributed by atoms with E-state index in [-0.39, 0.29) is 30.7 Å². The zero-order valence-electron chi connectivity index (χ0n) is 9.90. The number of hydrogen-bond donors (Lipinski definition) is 1. The molecule has 3 nitrogen and oxygen atoms in total. The second-order valence-corrected chi connectivity index (χ2v) is 5.35. The van der Waals surface area contributed by atoms with Crippen molar-refractivity contribution >= 4 is 21.8 Å². The minimum absolute atomic E-state index is 0.0599. The number of halogens is 2. The molecule has 2 rings (SSSR count). The van der Waals surface area contributed by atoms with E-state index in [2.05, 4.69) is 15.9 Å². The van der Waals surface area contributed by atoms with Crippen molar-refractivity contribution in [3.8, 4) is 0 Å². The minimum atomic E-state index is -0.523. The Morgan fingerprint density at radius 3 is 2.78 bits per heavy atom. The molecule has 0 bridgehead atoms. The summed E-state index contributed by atoms with van der Waals surface area (Å²) >= 11 is 3.23. The molecule has 0 aromatic heterocycles. The molecule has 0 radical (unpaired) electrons. The number of rotatable bonds is 4. The average Bonchev–Trinajstić information content (AvgIpc) is 2.28. The summed E-state index contributed by atoms with van der Waals surface area (Å²) in [5.41, 5.74) is 0.0599. The molecule has 0 spiro atoms. The number of carbonyl (C=O) groups excluding carboxylic acids is 1. The summed E-state index contributed by atoms with van der Waals surface area (Å²) in [6.07, 6.45) is 2.95. The highest BCUT2D eigenvalue weighted by Crippen LogP contribution is 2.27. The topological polar surface area (TPSA) is 40.5 Å². The zero-order valence-corrected chi connectivity index (χ0v) is 11.5. The van der Waals surface area contributed by atoms with Gasteiger partial charge in [0.2, 0.25) is 0 Å². The van der Waals surface area contributed by atoms with Gasteiger partial charge in [0.15, 0.2) is 0 Å². The molecule has 1 amide bonds. The first kappa shape index (κ1) is 13.5. The number of hydrogen-bond acceptors (Lipinski definition) is 2. The van der Waals surface area contributed by atoms with Crippen LogP contribution in [0.4, 0.5) is 4.39 Å². The summed E-state index contributed by atoms with van der Waals surface area (Å²) < 4.78 is 14.3. The largest absolute Gasteiger partial charge is 0.395 e. The molecule has 5 heteroatoms. The van der Waals surface area contributed by atoms with Crippen molar-refractivity contribution in [3.05, 3.63) is 34.1 Å². The Morgan fingerprint density at radius 2 is 2.22 bits per heavy atom. The van der Waals surface area contributed by atoms with E-state index in [0.29, 0.717) is 4.47 Å². The normalized spacial score (nSPS) is 15.3. The Hall–Kier alpha value is -0.940. The zero-order chi connectivity index (χ0) is 13.1. The van der Waals surface area contributed by atoms with E-state index in [1.807, 2.05) is 0 Å². The molecule has 1 aromatic rings. The van der Waals surface area contributed by atoms with Gasteiger partial charge in [-0.3, -0.25) is 4.79 Å². The van der Waals surface area contributed by atoms with Gasteiger partial charge in [-0.25, -0.2) is 4.39 Å². The molecule has 1 fully saturated rings. The third-order valence-electron chi connectivity index (χ3n) is 3.28. The summed E-state index contributed by atoms with van der Waals surface area (Å²) in [7, 11) is 0. The lowest BCUT2D eigenvalue weighted by molar-refractivity contribution is 0.0521. The fourth-order valence-electron chi connectivity index (χ4n) is 2.07. The van der Waals surface area contributed by atoms with Crippen LogP contribution in [0.5, 0.6) is 0 Å². The molecule has 0 saturated heterocycles. The number of nitrogens with zero attached hydrogens (tertiary/aromatic N) is 1. The molecule has 0 atom stereocenters. The predicted molar refractivity (Wildman–Crippen MR) is 69.9 cm³/mol. The molecule has 0 heterocycles. The number of aliphatic hydroxyl groups is 1. The second-order valence-electron chi connectivity index (χ2n) is 4.43. The first-order chi connectivity index (χ1) is 8.63. The van der Waals surface area contributed by atoms with Crippen LogP contribution in [0.3, 0.4) is 0 Å². The Bertz CT molecular complexity index is 449. The van der Waals surface area contributed by atoms with E-state index in [9.17, 15) is 9.18 Å². The minimum Gasteiger partial charge on any atom is -0.395 e. The quantitative estimate of drug-likeness (QED) is 0.927. The standard InChI is InChI=1S/C13H15BrFNO2/c14-9-4-5-12(15)11(8-9)13(18)16(6-7-17)10-2-1-3-10/h4-5,8,10,17H,1-3,6-7H2. The van der Waals surface area contributed by atoms with Crippen LogP contribution in [0.1, 0.15) is 29.6 Å². The van der Waals surface area contributed by atoms with E-state index < -0.39 is 5.82 Å². The number of benzene rings is 1. The van der Waals surface area contributed by atoms with Gasteiger partial charge in [-0.1, -0.05) is 15.9 Å². The van der Waals surface area contributed by atoms with Gasteiger partial charge in [-0.15, -0.1) is 0 Å². The van der Waals surface area contributed by atoms with Crippen LogP contribution < -0.4 is 0 Å². The highest BCUT2D eigenvalue weighted by molar-refractivity contribution is 9.10. The smallest absolute Gasteiger partial charge is 0.257 e. The molecule has 0 aliphatic heterocycles. The van der Waals surface area contributed by atoms with Crippen LogP contribution in [-0.4, -0.2) is 35.1 Å². The van der Waals surface area contributed by atoms with Crippen molar-refractivity contribution in [2.45, 2.75) is 25.3 Å². The Kier molecular flexibility index (Phi) is 4.35. The third kappa shape index (κ3) is 2.72. The summed E-state index contributed by atoms with van der Waals surface area (Å²) in [4.78, 5) is 13.9. The van der Waals surface area contributed by atoms with Gasteiger partial charge in [-0.2, -0.15) is 0 Å². The molecule has 1 saturated carbocycles. The number of carbonyl (C=O) groups is 1. The van der Waals surface area contributed by atoms with Crippen molar-refractivity contribution < 1.29 is 14.3 Å². The lowest BCUT2D eigenvalue weighted by Gasteiger charge is -2.37. The fraction of sp³-hybridized carbons (Fsp3) is 0.462. The maximum Gasteiger partial charge on any atom is 0.257 e. The lowest BCUT2D eigenvalue weighted by Crippen LogP contribution is -2.45. The summed E-state index contributed by atoms with van der Waals surface area (Å²) in [5, 5.41) is 9.03. The van der Waals surface area contributed by atoms with E-state index in [1.165, 1.54) is 12.1 Å². The highest BCUT2D eigenvalue weighted by Gasteiger charge is 2.30. The first-order valence-electron chi connectivity index (χ1n) is 6.00. The second kappa shape index (κ2) is 5.80. The first-order valence-corrected chi connectivity index (χ1v) is 6.79. The number of amides is 1. The van der Waals surface area contributed by atoms with Crippen LogP contribution in [0.15, 0.2) is 22.7 Å². The van der Waals surface area contributed by atoms with Crippen LogP contribution >= 0.6 is 15.9 Å². The van der Waals surface area contributed by atoms with Crippen LogP contribution in [0.25, 0.3) is 0 Å². The van der Waals surface area contributed by atoms with E-state index in [1.54, 1.807) is 11.0 Å². The Morgan fingerprint density at radius 1 is 1.50 bits per heavy atom. The highest BCUT2D eigenvalue weighted by atomic mass is 79.9. The van der Waals surface area contributed by atoms with Gasteiger partial charge < -0.3 is 10.0 Å². The molecular formula is C13H15BrFNO2. The van der Waals surface area contributed by atoms with E-state index in [0.717, 1.165) is 19.3 Å². The van der Waals surface area contributed by atoms with Gasteiger partial charge in [0.25, 0.3) is 5.91 Å². The van der Waals surface area contributed by atoms with Crippen LogP contribution in [-0.2, 0) is 0 Å². The SMILES string of the molecule is O=C(c1cc(Br)ccc1F)N(CCO)C1CCC1. The van der Waals surface area contributed by atoms with Gasteiger partial charge in [0, 0.05) is 17.1 Å². The monoisotopic (exact) mass is 315 g/mol. The number of aliphatic hydroxyl groups excluding tert-OH is 1. The van der Waals surface area contributed by atoms with Crippen LogP contribution in [0.2, 0.25) is 0 Å². The van der Waals surface area contributed by atoms with Crippen molar-refractivity contribution in [1.29, 1.82) is 0 Å². The molecule has 1 aromatic carbocycles.